The molecule has 0 saturated carbocycles. The predicted molar refractivity (Wildman–Crippen MR) is 62.1 cm³/mol. The number of carbonyl (C=O) groups is 1. The molecule has 1 aliphatic rings. The normalized spacial score (nSPS) is 29.9. The number of likely N-dealkylation sites (N-methyl/N-ethyl adjacent to an activating group) is 1. The van der Waals surface area contributed by atoms with Crippen LogP contribution in [-0.2, 0) is 14.3 Å². The van der Waals surface area contributed by atoms with Crippen LogP contribution in [0.5, 0.6) is 0 Å². The van der Waals surface area contributed by atoms with Crippen LogP contribution < -0.4 is 5.32 Å². The van der Waals surface area contributed by atoms with E-state index in [1.54, 1.807) is 14.2 Å². The van der Waals surface area contributed by atoms with Gasteiger partial charge in [0.15, 0.2) is 0 Å². The van der Waals surface area contributed by atoms with Gasteiger partial charge in [-0.25, -0.2) is 0 Å². The van der Waals surface area contributed by atoms with Gasteiger partial charge < -0.3 is 14.8 Å². The SMILES string of the molecule is C=CCCC1CC(COC)C(NC)C(=O)O1. The third kappa shape index (κ3) is 3.32. The molecule has 0 spiro atoms. The molecule has 0 amide bonds. The quantitative estimate of drug-likeness (QED) is 0.545. The van der Waals surface area contributed by atoms with Gasteiger partial charge in [0.05, 0.1) is 6.61 Å². The fraction of sp³-hybridized carbons (Fsp3) is 0.750. The second-order valence-electron chi connectivity index (χ2n) is 4.14. The zero-order valence-corrected chi connectivity index (χ0v) is 10.1. The minimum Gasteiger partial charge on any atom is -0.461 e. The Hall–Kier alpha value is -0.870. The summed E-state index contributed by atoms with van der Waals surface area (Å²) < 4.78 is 10.5. The number of rotatable bonds is 6. The third-order valence-corrected chi connectivity index (χ3v) is 2.96. The molecule has 4 heteroatoms. The molecular formula is C12H21NO3. The lowest BCUT2D eigenvalue weighted by atomic mass is 9.89. The topological polar surface area (TPSA) is 47.6 Å². The molecule has 92 valence electrons. The molecule has 1 N–H and O–H groups in total. The van der Waals surface area contributed by atoms with Gasteiger partial charge in [-0.15, -0.1) is 6.58 Å². The van der Waals surface area contributed by atoms with Crippen LogP contribution in [0.15, 0.2) is 12.7 Å². The highest BCUT2D eigenvalue weighted by atomic mass is 16.5. The average molecular weight is 227 g/mol. The summed E-state index contributed by atoms with van der Waals surface area (Å²) in [6, 6.07) is -0.236. The first-order valence-corrected chi connectivity index (χ1v) is 5.70. The van der Waals surface area contributed by atoms with Crippen LogP contribution in [0.2, 0.25) is 0 Å². The Bertz CT molecular complexity index is 242. The largest absolute Gasteiger partial charge is 0.461 e. The van der Waals surface area contributed by atoms with Gasteiger partial charge in [-0.05, 0) is 26.3 Å². The Kier molecular flexibility index (Phi) is 5.49. The maximum atomic E-state index is 11.7. The van der Waals surface area contributed by atoms with Crippen LogP contribution in [0.1, 0.15) is 19.3 Å². The molecule has 1 heterocycles. The third-order valence-electron chi connectivity index (χ3n) is 2.96. The van der Waals surface area contributed by atoms with Crippen molar-refractivity contribution < 1.29 is 14.3 Å². The number of carbonyl (C=O) groups excluding carboxylic acids is 1. The Morgan fingerprint density at radius 1 is 1.69 bits per heavy atom. The molecule has 0 aliphatic carbocycles. The summed E-state index contributed by atoms with van der Waals surface area (Å²) in [6.45, 7) is 4.26. The molecule has 1 aliphatic heterocycles. The molecule has 1 fully saturated rings. The monoisotopic (exact) mass is 227 g/mol. The molecule has 0 aromatic carbocycles. The molecule has 0 radical (unpaired) electrons. The summed E-state index contributed by atoms with van der Waals surface area (Å²) >= 11 is 0. The lowest BCUT2D eigenvalue weighted by Crippen LogP contribution is -2.50. The summed E-state index contributed by atoms with van der Waals surface area (Å²) in [5.41, 5.74) is 0. The van der Waals surface area contributed by atoms with E-state index in [4.69, 9.17) is 9.47 Å². The van der Waals surface area contributed by atoms with Crippen LogP contribution >= 0.6 is 0 Å². The van der Waals surface area contributed by atoms with Crippen LogP contribution in [0.25, 0.3) is 0 Å². The lowest BCUT2D eigenvalue weighted by Gasteiger charge is -2.34. The first kappa shape index (κ1) is 13.2. The minimum absolute atomic E-state index is 0.00949. The molecule has 16 heavy (non-hydrogen) atoms. The molecule has 1 rings (SSSR count). The second-order valence-corrected chi connectivity index (χ2v) is 4.14. The highest BCUT2D eigenvalue weighted by molar-refractivity contribution is 5.77. The van der Waals surface area contributed by atoms with Gasteiger partial charge in [-0.1, -0.05) is 6.08 Å². The van der Waals surface area contributed by atoms with E-state index in [0.717, 1.165) is 19.3 Å². The highest BCUT2D eigenvalue weighted by Gasteiger charge is 2.36. The summed E-state index contributed by atoms with van der Waals surface area (Å²) in [5, 5.41) is 2.99. The van der Waals surface area contributed by atoms with Crippen LogP contribution in [0.3, 0.4) is 0 Å². The van der Waals surface area contributed by atoms with Crippen LogP contribution in [0.4, 0.5) is 0 Å². The second kappa shape index (κ2) is 6.66. The average Bonchev–Trinajstić information content (AvgIpc) is 2.26. The number of nitrogens with one attached hydrogen (secondary N) is 1. The molecular weight excluding hydrogens is 206 g/mol. The van der Waals surface area contributed by atoms with Crippen molar-refractivity contribution in [3.8, 4) is 0 Å². The number of methoxy groups -OCH3 is 1. The van der Waals surface area contributed by atoms with Crippen LogP contribution in [0, 0.1) is 5.92 Å². The minimum atomic E-state index is -0.236. The van der Waals surface area contributed by atoms with E-state index in [1.165, 1.54) is 0 Å². The van der Waals surface area contributed by atoms with Crippen molar-refractivity contribution in [1.82, 2.24) is 5.32 Å². The Balaban J connectivity index is 2.56. The van der Waals surface area contributed by atoms with Crippen molar-refractivity contribution in [3.63, 3.8) is 0 Å². The highest BCUT2D eigenvalue weighted by Crippen LogP contribution is 2.24. The van der Waals surface area contributed by atoms with E-state index < -0.39 is 0 Å². The molecule has 3 atom stereocenters. The van der Waals surface area contributed by atoms with E-state index in [9.17, 15) is 4.79 Å². The van der Waals surface area contributed by atoms with Crippen molar-refractivity contribution >= 4 is 5.97 Å². The van der Waals surface area contributed by atoms with Crippen molar-refractivity contribution in [2.24, 2.45) is 5.92 Å². The number of hydrogen-bond donors (Lipinski definition) is 1. The Morgan fingerprint density at radius 3 is 3.00 bits per heavy atom. The Labute approximate surface area is 97.0 Å². The van der Waals surface area contributed by atoms with E-state index >= 15 is 0 Å². The summed E-state index contributed by atoms with van der Waals surface area (Å²) in [4.78, 5) is 11.7. The zero-order valence-electron chi connectivity index (χ0n) is 10.1. The molecule has 3 unspecified atom stereocenters. The van der Waals surface area contributed by atoms with Gasteiger partial charge in [-0.3, -0.25) is 4.79 Å². The van der Waals surface area contributed by atoms with Gasteiger partial charge in [-0.2, -0.15) is 0 Å². The van der Waals surface area contributed by atoms with E-state index in [0.29, 0.717) is 6.61 Å². The summed E-state index contributed by atoms with van der Waals surface area (Å²) in [6.07, 6.45) is 4.45. The van der Waals surface area contributed by atoms with E-state index in [-0.39, 0.29) is 24.0 Å². The lowest BCUT2D eigenvalue weighted by molar-refractivity contribution is -0.162. The standard InChI is InChI=1S/C12H21NO3/c1-4-5-6-10-7-9(8-15-3)11(13-2)12(14)16-10/h4,9-11,13H,1,5-8H2,2-3H3. The molecule has 1 saturated heterocycles. The van der Waals surface area contributed by atoms with Gasteiger partial charge in [0.25, 0.3) is 0 Å². The molecule has 0 aromatic heterocycles. The van der Waals surface area contributed by atoms with E-state index in [2.05, 4.69) is 11.9 Å². The van der Waals surface area contributed by atoms with Gasteiger partial charge in [0, 0.05) is 13.0 Å². The van der Waals surface area contributed by atoms with Crippen molar-refractivity contribution in [3.05, 3.63) is 12.7 Å². The van der Waals surface area contributed by atoms with Crippen LogP contribution in [-0.4, -0.2) is 38.9 Å². The summed E-state index contributed by atoms with van der Waals surface area (Å²) in [5.74, 6) is 0.0379. The number of cyclic esters (lactones) is 1. The zero-order chi connectivity index (χ0) is 12.0. The van der Waals surface area contributed by atoms with E-state index in [1.807, 2.05) is 6.08 Å². The van der Waals surface area contributed by atoms with Gasteiger partial charge in [0.2, 0.25) is 0 Å². The number of esters is 1. The first-order valence-electron chi connectivity index (χ1n) is 5.70. The fourth-order valence-corrected chi connectivity index (χ4v) is 2.16. The van der Waals surface area contributed by atoms with Crippen molar-refractivity contribution in [2.75, 3.05) is 20.8 Å². The smallest absolute Gasteiger partial charge is 0.323 e. The predicted octanol–water partition coefficient (Wildman–Crippen LogP) is 1.12. The Morgan fingerprint density at radius 2 is 2.44 bits per heavy atom. The molecule has 0 bridgehead atoms. The van der Waals surface area contributed by atoms with Crippen molar-refractivity contribution in [1.29, 1.82) is 0 Å². The first-order chi connectivity index (χ1) is 7.72. The maximum Gasteiger partial charge on any atom is 0.323 e. The maximum absolute atomic E-state index is 11.7. The molecule has 4 nitrogen and oxygen atoms in total. The number of ether oxygens (including phenoxy) is 2. The molecule has 0 aromatic rings. The van der Waals surface area contributed by atoms with Gasteiger partial charge in [0.1, 0.15) is 12.1 Å². The fourth-order valence-electron chi connectivity index (χ4n) is 2.16. The summed E-state index contributed by atoms with van der Waals surface area (Å²) in [7, 11) is 3.43. The number of hydrogen-bond acceptors (Lipinski definition) is 4. The van der Waals surface area contributed by atoms with Crippen molar-refractivity contribution in [2.45, 2.75) is 31.4 Å². The van der Waals surface area contributed by atoms with Gasteiger partial charge >= 0.3 is 5.97 Å². The number of allylic oxidation sites excluding steroid dienone is 1.